The number of nitrogens with one attached hydrogen (secondary N) is 1. The number of hydrogen-bond donors (Lipinski definition) is 1. The lowest BCUT2D eigenvalue weighted by Crippen LogP contribution is -2.50. The number of pyridine rings is 1. The van der Waals surface area contributed by atoms with Crippen molar-refractivity contribution in [3.8, 4) is 0 Å². The molecule has 0 atom stereocenters. The zero-order chi connectivity index (χ0) is 23.5. The SMILES string of the molecule is CC(C)(C)OC(=O)N1CCN(c2ccc(NC(=O)Cn3ccc(C(F)(F)F)n3)nc2)CC1. The van der Waals surface area contributed by atoms with E-state index in [0.29, 0.717) is 26.2 Å². The Kier molecular flexibility index (Phi) is 6.60. The molecule has 1 saturated heterocycles. The van der Waals surface area contributed by atoms with Gasteiger partial charge in [0.15, 0.2) is 5.69 Å². The van der Waals surface area contributed by atoms with E-state index < -0.39 is 23.4 Å². The minimum absolute atomic E-state index is 0.273. The Labute approximate surface area is 183 Å². The number of alkyl halides is 3. The van der Waals surface area contributed by atoms with E-state index in [2.05, 4.69) is 20.3 Å². The van der Waals surface area contributed by atoms with Crippen LogP contribution in [0.4, 0.5) is 29.5 Å². The van der Waals surface area contributed by atoms with Gasteiger partial charge in [0.25, 0.3) is 0 Å². The Morgan fingerprint density at radius 2 is 1.78 bits per heavy atom. The summed E-state index contributed by atoms with van der Waals surface area (Å²) in [5.41, 5.74) is -0.774. The number of nitrogens with zero attached hydrogens (tertiary/aromatic N) is 5. The molecule has 1 aliphatic rings. The molecule has 12 heteroatoms. The first-order valence-electron chi connectivity index (χ1n) is 10.0. The van der Waals surface area contributed by atoms with Crippen LogP contribution in [0.15, 0.2) is 30.6 Å². The van der Waals surface area contributed by atoms with Crippen molar-refractivity contribution in [1.82, 2.24) is 19.7 Å². The number of hydrogen-bond acceptors (Lipinski definition) is 6. The van der Waals surface area contributed by atoms with Crippen LogP contribution in [0.1, 0.15) is 26.5 Å². The van der Waals surface area contributed by atoms with Crippen molar-refractivity contribution in [2.24, 2.45) is 0 Å². The molecule has 0 aromatic carbocycles. The summed E-state index contributed by atoms with van der Waals surface area (Å²) in [6, 6.07) is 4.20. The van der Waals surface area contributed by atoms with Crippen LogP contribution in [0, 0.1) is 0 Å². The van der Waals surface area contributed by atoms with Crippen molar-refractivity contribution in [2.75, 3.05) is 36.4 Å². The summed E-state index contributed by atoms with van der Waals surface area (Å²) in [6.07, 6.45) is -2.21. The minimum Gasteiger partial charge on any atom is -0.444 e. The van der Waals surface area contributed by atoms with Gasteiger partial charge in [0, 0.05) is 32.4 Å². The van der Waals surface area contributed by atoms with Gasteiger partial charge in [-0.25, -0.2) is 9.78 Å². The lowest BCUT2D eigenvalue weighted by molar-refractivity contribution is -0.141. The first kappa shape index (κ1) is 23.4. The molecule has 0 saturated carbocycles. The van der Waals surface area contributed by atoms with Gasteiger partial charge in [0.2, 0.25) is 5.91 Å². The van der Waals surface area contributed by atoms with E-state index in [0.717, 1.165) is 22.6 Å². The fourth-order valence-electron chi connectivity index (χ4n) is 3.05. The third-order valence-corrected chi connectivity index (χ3v) is 4.55. The van der Waals surface area contributed by atoms with Gasteiger partial charge in [-0.2, -0.15) is 18.3 Å². The van der Waals surface area contributed by atoms with Crippen LogP contribution >= 0.6 is 0 Å². The highest BCUT2D eigenvalue weighted by molar-refractivity contribution is 5.89. The van der Waals surface area contributed by atoms with Gasteiger partial charge in [-0.05, 0) is 39.0 Å². The zero-order valence-electron chi connectivity index (χ0n) is 18.0. The van der Waals surface area contributed by atoms with Crippen molar-refractivity contribution in [3.05, 3.63) is 36.3 Å². The van der Waals surface area contributed by atoms with Crippen LogP contribution in [0.5, 0.6) is 0 Å². The van der Waals surface area contributed by atoms with Gasteiger partial charge >= 0.3 is 12.3 Å². The van der Waals surface area contributed by atoms with Gasteiger partial charge < -0.3 is 19.9 Å². The topological polar surface area (TPSA) is 92.6 Å². The van der Waals surface area contributed by atoms with Crippen molar-refractivity contribution >= 4 is 23.5 Å². The van der Waals surface area contributed by atoms with E-state index in [9.17, 15) is 22.8 Å². The average Bonchev–Trinajstić information content (AvgIpc) is 3.16. The number of amides is 2. The third kappa shape index (κ3) is 6.34. The molecule has 0 aliphatic carbocycles. The molecule has 174 valence electrons. The Hall–Kier alpha value is -3.31. The molecule has 1 fully saturated rings. The molecule has 32 heavy (non-hydrogen) atoms. The highest BCUT2D eigenvalue weighted by atomic mass is 19.4. The average molecular weight is 454 g/mol. The van der Waals surface area contributed by atoms with Gasteiger partial charge in [-0.1, -0.05) is 0 Å². The van der Waals surface area contributed by atoms with Crippen LogP contribution in [0.25, 0.3) is 0 Å². The van der Waals surface area contributed by atoms with E-state index in [4.69, 9.17) is 4.74 Å². The Bertz CT molecular complexity index is 945. The molecule has 2 aromatic heterocycles. The largest absolute Gasteiger partial charge is 0.444 e. The summed E-state index contributed by atoms with van der Waals surface area (Å²) in [5.74, 6) is -0.276. The number of rotatable bonds is 4. The summed E-state index contributed by atoms with van der Waals surface area (Å²) in [6.45, 7) is 7.33. The molecule has 1 N–H and O–H groups in total. The normalized spacial score (nSPS) is 14.9. The molecule has 0 bridgehead atoms. The number of ether oxygens (including phenoxy) is 1. The number of aromatic nitrogens is 3. The van der Waals surface area contributed by atoms with Crippen LogP contribution < -0.4 is 10.2 Å². The maximum Gasteiger partial charge on any atom is 0.435 e. The first-order valence-corrected chi connectivity index (χ1v) is 10.0. The second kappa shape index (κ2) is 9.05. The van der Waals surface area contributed by atoms with Crippen molar-refractivity contribution in [3.63, 3.8) is 0 Å². The second-order valence-corrected chi connectivity index (χ2v) is 8.30. The number of carbonyl (C=O) groups excluding carboxylic acids is 2. The smallest absolute Gasteiger partial charge is 0.435 e. The third-order valence-electron chi connectivity index (χ3n) is 4.55. The maximum atomic E-state index is 12.6. The quantitative estimate of drug-likeness (QED) is 0.764. The van der Waals surface area contributed by atoms with E-state index in [-0.39, 0.29) is 18.5 Å². The van der Waals surface area contributed by atoms with Gasteiger partial charge in [-0.3, -0.25) is 9.48 Å². The molecule has 9 nitrogen and oxygen atoms in total. The van der Waals surface area contributed by atoms with Crippen molar-refractivity contribution < 1.29 is 27.5 Å². The molecule has 2 amide bonds. The first-order chi connectivity index (χ1) is 14.9. The maximum absolute atomic E-state index is 12.6. The van der Waals surface area contributed by atoms with Gasteiger partial charge in [-0.15, -0.1) is 0 Å². The molecule has 0 spiro atoms. The van der Waals surface area contributed by atoms with Crippen LogP contribution in [-0.2, 0) is 22.3 Å². The van der Waals surface area contributed by atoms with Crippen LogP contribution in [0.3, 0.4) is 0 Å². The van der Waals surface area contributed by atoms with Crippen LogP contribution in [0.2, 0.25) is 0 Å². The molecular formula is C20H25F3N6O3. The molecule has 3 rings (SSSR count). The molecule has 1 aliphatic heterocycles. The van der Waals surface area contributed by atoms with Crippen molar-refractivity contribution in [2.45, 2.75) is 39.1 Å². The molecule has 0 unspecified atom stereocenters. The second-order valence-electron chi connectivity index (χ2n) is 8.30. The minimum atomic E-state index is -4.56. The highest BCUT2D eigenvalue weighted by Crippen LogP contribution is 2.27. The number of anilines is 2. The van der Waals surface area contributed by atoms with Gasteiger partial charge in [0.05, 0.1) is 11.9 Å². The summed E-state index contributed by atoms with van der Waals surface area (Å²) in [4.78, 5) is 32.1. The van der Waals surface area contributed by atoms with E-state index in [1.54, 1.807) is 23.2 Å². The summed E-state index contributed by atoms with van der Waals surface area (Å²) in [7, 11) is 0. The fraction of sp³-hybridized carbons (Fsp3) is 0.500. The van der Waals surface area contributed by atoms with Gasteiger partial charge in [0.1, 0.15) is 18.0 Å². The fourth-order valence-corrected chi connectivity index (χ4v) is 3.05. The number of piperazine rings is 1. The van der Waals surface area contributed by atoms with Crippen LogP contribution in [-0.4, -0.2) is 63.4 Å². The molecule has 2 aromatic rings. The predicted molar refractivity (Wildman–Crippen MR) is 110 cm³/mol. The Morgan fingerprint density at radius 3 is 2.31 bits per heavy atom. The van der Waals surface area contributed by atoms with E-state index in [1.165, 1.54) is 0 Å². The number of halogens is 3. The zero-order valence-corrected chi connectivity index (χ0v) is 18.0. The lowest BCUT2D eigenvalue weighted by Gasteiger charge is -2.36. The lowest BCUT2D eigenvalue weighted by atomic mass is 10.2. The Balaban J connectivity index is 1.49. The molecular weight excluding hydrogens is 429 g/mol. The Morgan fingerprint density at radius 1 is 1.09 bits per heavy atom. The van der Waals surface area contributed by atoms with E-state index >= 15 is 0 Å². The highest BCUT2D eigenvalue weighted by Gasteiger charge is 2.33. The summed E-state index contributed by atoms with van der Waals surface area (Å²) in [5, 5.41) is 5.88. The standard InChI is InChI=1S/C20H25F3N6O3/c1-19(2,3)32-18(31)28-10-8-27(9-11-28)14-4-5-16(24-12-14)25-17(30)13-29-7-6-15(26-29)20(21,22)23/h4-7,12H,8-11,13H2,1-3H3,(H,24,25,30). The van der Waals surface area contributed by atoms with E-state index in [1.807, 2.05) is 20.8 Å². The monoisotopic (exact) mass is 454 g/mol. The predicted octanol–water partition coefficient (Wildman–Crippen LogP) is 2.99. The molecule has 0 radical (unpaired) electrons. The number of carbonyl (C=O) groups is 2. The molecule has 3 heterocycles. The summed E-state index contributed by atoms with van der Waals surface area (Å²) < 4.78 is 44.1. The summed E-state index contributed by atoms with van der Waals surface area (Å²) >= 11 is 0. The van der Waals surface area contributed by atoms with Crippen molar-refractivity contribution in [1.29, 1.82) is 0 Å².